The minimum Gasteiger partial charge on any atom is -0.481 e. The van der Waals surface area contributed by atoms with Crippen LogP contribution in [0.1, 0.15) is 30.3 Å². The summed E-state index contributed by atoms with van der Waals surface area (Å²) in [6.45, 7) is 2.06. The number of nitrogens with zero attached hydrogens (tertiary/aromatic N) is 4. The topological polar surface area (TPSA) is 99.6 Å². The fourth-order valence-electron chi connectivity index (χ4n) is 3.54. The van der Waals surface area contributed by atoms with Crippen molar-refractivity contribution in [1.82, 2.24) is 9.66 Å². The second kappa shape index (κ2) is 11.3. The van der Waals surface area contributed by atoms with E-state index in [1.807, 2.05) is 37.3 Å². The Kier molecular flexibility index (Phi) is 8.17. The number of aryl methyl sites for hydroxylation is 1. The second-order valence-corrected chi connectivity index (χ2v) is 10.1. The van der Waals surface area contributed by atoms with Crippen molar-refractivity contribution in [3.8, 4) is 5.75 Å². The van der Waals surface area contributed by atoms with Gasteiger partial charge in [0.1, 0.15) is 12.4 Å². The number of rotatable bonds is 8. The highest BCUT2D eigenvalue weighted by Gasteiger charge is 2.21. The second-order valence-electron chi connectivity index (χ2n) is 7.82. The lowest BCUT2D eigenvalue weighted by Gasteiger charge is -2.12. The van der Waals surface area contributed by atoms with Crippen molar-refractivity contribution in [2.24, 2.45) is 5.10 Å². The highest BCUT2D eigenvalue weighted by Crippen LogP contribution is 2.34. The third-order valence-electron chi connectivity index (χ3n) is 5.22. The first-order valence-corrected chi connectivity index (χ1v) is 12.8. The van der Waals surface area contributed by atoms with Crippen molar-refractivity contribution in [3.63, 3.8) is 0 Å². The molecule has 0 radical (unpaired) electrons. The lowest BCUT2D eigenvalue weighted by Crippen LogP contribution is -2.22. The number of aromatic nitrogens is 2. The largest absolute Gasteiger partial charge is 0.481 e. The molecule has 36 heavy (non-hydrogen) atoms. The quantitative estimate of drug-likeness (QED) is 0.119. The Morgan fingerprint density at radius 3 is 2.56 bits per heavy atom. The standard InChI is InChI=1S/C25H19Br2ClN4O4/c1-2-3-23-30-21-9-8-18(27)11-20(21)25(33)31(23)29-13-16-10-19(28)12-22(32(34)35)24(16)36-14-15-4-6-17(26)7-5-15/h4-13H,2-3,14H2,1H3. The zero-order valence-corrected chi connectivity index (χ0v) is 22.9. The van der Waals surface area contributed by atoms with Gasteiger partial charge in [0.05, 0.1) is 22.0 Å². The Morgan fingerprint density at radius 1 is 1.14 bits per heavy atom. The summed E-state index contributed by atoms with van der Waals surface area (Å²) in [6, 6.07) is 15.4. The maximum atomic E-state index is 13.3. The maximum Gasteiger partial charge on any atom is 0.313 e. The van der Waals surface area contributed by atoms with E-state index in [4.69, 9.17) is 16.3 Å². The third-order valence-corrected chi connectivity index (χ3v) is 6.46. The van der Waals surface area contributed by atoms with Gasteiger partial charge in [-0.15, -0.1) is 0 Å². The first kappa shape index (κ1) is 26.0. The van der Waals surface area contributed by atoms with Crippen LogP contribution in [0.2, 0.25) is 5.02 Å². The van der Waals surface area contributed by atoms with Crippen LogP contribution < -0.4 is 10.3 Å². The van der Waals surface area contributed by atoms with Gasteiger partial charge in [0, 0.05) is 32.0 Å². The molecule has 0 amide bonds. The first-order chi connectivity index (χ1) is 17.3. The van der Waals surface area contributed by atoms with Gasteiger partial charge >= 0.3 is 5.69 Å². The molecule has 4 rings (SSSR count). The average molecular weight is 635 g/mol. The molecule has 0 aliphatic carbocycles. The van der Waals surface area contributed by atoms with Gasteiger partial charge in [-0.25, -0.2) is 4.98 Å². The van der Waals surface area contributed by atoms with Crippen LogP contribution in [0.15, 0.2) is 73.4 Å². The summed E-state index contributed by atoms with van der Waals surface area (Å²) in [7, 11) is 0. The highest BCUT2D eigenvalue weighted by molar-refractivity contribution is 9.10. The van der Waals surface area contributed by atoms with Crippen LogP contribution in [0.4, 0.5) is 5.69 Å². The fourth-order valence-corrected chi connectivity index (χ4v) is 4.39. The average Bonchev–Trinajstić information content (AvgIpc) is 2.84. The number of hydrogen-bond acceptors (Lipinski definition) is 6. The summed E-state index contributed by atoms with van der Waals surface area (Å²) in [5.74, 6) is 0.472. The maximum absolute atomic E-state index is 13.3. The van der Waals surface area contributed by atoms with Crippen LogP contribution in [-0.2, 0) is 13.0 Å². The van der Waals surface area contributed by atoms with E-state index in [1.54, 1.807) is 12.1 Å². The van der Waals surface area contributed by atoms with Crippen molar-refractivity contribution < 1.29 is 9.66 Å². The summed E-state index contributed by atoms with van der Waals surface area (Å²) in [4.78, 5) is 29.1. The lowest BCUT2D eigenvalue weighted by atomic mass is 10.2. The predicted octanol–water partition coefficient (Wildman–Crippen LogP) is 6.90. The fraction of sp³-hybridized carbons (Fsp3) is 0.160. The molecule has 0 bridgehead atoms. The molecule has 0 aliphatic heterocycles. The summed E-state index contributed by atoms with van der Waals surface area (Å²) in [5, 5.41) is 16.7. The van der Waals surface area contributed by atoms with E-state index in [9.17, 15) is 14.9 Å². The summed E-state index contributed by atoms with van der Waals surface area (Å²) >= 11 is 12.9. The zero-order valence-electron chi connectivity index (χ0n) is 19.0. The van der Waals surface area contributed by atoms with Crippen LogP contribution in [0.3, 0.4) is 0 Å². The zero-order chi connectivity index (χ0) is 25.8. The molecule has 0 fully saturated rings. The van der Waals surface area contributed by atoms with E-state index in [0.717, 1.165) is 20.9 Å². The first-order valence-electron chi connectivity index (χ1n) is 10.9. The van der Waals surface area contributed by atoms with Gasteiger partial charge in [-0.1, -0.05) is 62.5 Å². The predicted molar refractivity (Wildman–Crippen MR) is 147 cm³/mol. The molecule has 1 aromatic heterocycles. The molecule has 1 heterocycles. The van der Waals surface area contributed by atoms with Crippen LogP contribution in [0.5, 0.6) is 5.75 Å². The number of nitro groups is 1. The van der Waals surface area contributed by atoms with Crippen molar-refractivity contribution in [3.05, 3.63) is 106 Å². The van der Waals surface area contributed by atoms with E-state index < -0.39 is 4.92 Å². The lowest BCUT2D eigenvalue weighted by molar-refractivity contribution is -0.385. The van der Waals surface area contributed by atoms with Crippen LogP contribution in [0, 0.1) is 10.1 Å². The normalized spacial score (nSPS) is 11.3. The van der Waals surface area contributed by atoms with Gasteiger partial charge in [0.15, 0.2) is 0 Å². The highest BCUT2D eigenvalue weighted by atomic mass is 79.9. The van der Waals surface area contributed by atoms with Gasteiger partial charge in [-0.3, -0.25) is 14.9 Å². The van der Waals surface area contributed by atoms with Gasteiger partial charge in [-0.2, -0.15) is 9.78 Å². The monoisotopic (exact) mass is 632 g/mol. The van der Waals surface area contributed by atoms with E-state index in [1.165, 1.54) is 23.0 Å². The molecule has 8 nitrogen and oxygen atoms in total. The molecule has 11 heteroatoms. The number of hydrogen-bond donors (Lipinski definition) is 0. The molecule has 0 saturated carbocycles. The van der Waals surface area contributed by atoms with E-state index in [2.05, 4.69) is 41.9 Å². The number of benzene rings is 3. The molecule has 0 spiro atoms. The molecule has 0 N–H and O–H groups in total. The Bertz CT molecular complexity index is 1540. The molecule has 0 aliphatic rings. The summed E-state index contributed by atoms with van der Waals surface area (Å²) in [6.07, 6.45) is 2.59. The third kappa shape index (κ3) is 5.83. The van der Waals surface area contributed by atoms with Crippen LogP contribution in [0.25, 0.3) is 10.9 Å². The van der Waals surface area contributed by atoms with Crippen molar-refractivity contribution in [1.29, 1.82) is 0 Å². The van der Waals surface area contributed by atoms with Crippen molar-refractivity contribution in [2.75, 3.05) is 0 Å². The minimum absolute atomic E-state index is 0.00217. The Hall–Kier alpha value is -3.08. The molecule has 0 atom stereocenters. The van der Waals surface area contributed by atoms with Gasteiger partial charge in [0.2, 0.25) is 5.75 Å². The molecule has 0 saturated heterocycles. The molecular weight excluding hydrogens is 616 g/mol. The Morgan fingerprint density at radius 2 is 1.86 bits per heavy atom. The van der Waals surface area contributed by atoms with Crippen molar-refractivity contribution >= 4 is 66.3 Å². The molecule has 184 valence electrons. The smallest absolute Gasteiger partial charge is 0.313 e. The van der Waals surface area contributed by atoms with E-state index >= 15 is 0 Å². The van der Waals surface area contributed by atoms with Gasteiger partial charge in [-0.05, 0) is 48.4 Å². The number of fused-ring (bicyclic) bond motifs is 1. The summed E-state index contributed by atoms with van der Waals surface area (Å²) in [5.41, 5.74) is 0.985. The molecule has 3 aromatic carbocycles. The van der Waals surface area contributed by atoms with Crippen molar-refractivity contribution in [2.45, 2.75) is 26.4 Å². The number of ether oxygens (including phenoxy) is 1. The van der Waals surface area contributed by atoms with Gasteiger partial charge < -0.3 is 4.74 Å². The van der Waals surface area contributed by atoms with E-state index in [-0.39, 0.29) is 34.2 Å². The SMILES string of the molecule is CCCc1nc2ccc(Br)cc2c(=O)n1N=Cc1cc(Cl)cc([N+](=O)[O-])c1OCc1ccc(Br)cc1. The number of nitro benzene ring substituents is 1. The molecular formula is C25H19Br2ClN4O4. The summed E-state index contributed by atoms with van der Waals surface area (Å²) < 4.78 is 8.73. The Balaban J connectivity index is 1.80. The molecule has 4 aromatic rings. The van der Waals surface area contributed by atoms with Gasteiger partial charge in [0.25, 0.3) is 5.56 Å². The Labute approximate surface area is 228 Å². The van der Waals surface area contributed by atoms with Crippen LogP contribution >= 0.6 is 43.5 Å². The van der Waals surface area contributed by atoms with E-state index in [0.29, 0.717) is 23.1 Å². The minimum atomic E-state index is -0.566. The van der Waals surface area contributed by atoms with Crippen LogP contribution in [-0.4, -0.2) is 20.8 Å². The number of halogens is 3. The molecule has 0 unspecified atom stereocenters.